The van der Waals surface area contributed by atoms with Crippen LogP contribution in [-0.2, 0) is 6.54 Å². The van der Waals surface area contributed by atoms with Crippen molar-refractivity contribution in [1.29, 1.82) is 0 Å². The van der Waals surface area contributed by atoms with Gasteiger partial charge in [-0.3, -0.25) is 9.48 Å². The molecule has 78 valence electrons. The van der Waals surface area contributed by atoms with Gasteiger partial charge in [-0.05, 0) is 6.92 Å². The maximum Gasteiger partial charge on any atom is 0.271 e. The molecule has 4 N–H and O–H groups in total. The van der Waals surface area contributed by atoms with E-state index in [2.05, 4.69) is 10.4 Å². The fourth-order valence-electron chi connectivity index (χ4n) is 1.14. The van der Waals surface area contributed by atoms with Crippen LogP contribution in [0.5, 0.6) is 0 Å². The Labute approximate surface area is 81.7 Å². The topological polar surface area (TPSA) is 93.2 Å². The SMILES string of the molecule is CCn1ncc(N)c1C(=O)NCCO. The molecule has 0 spiro atoms. The molecule has 0 radical (unpaired) electrons. The Morgan fingerprint density at radius 3 is 3.07 bits per heavy atom. The molecule has 6 nitrogen and oxygen atoms in total. The van der Waals surface area contributed by atoms with Crippen molar-refractivity contribution >= 4 is 11.6 Å². The predicted molar refractivity (Wildman–Crippen MR) is 51.7 cm³/mol. The summed E-state index contributed by atoms with van der Waals surface area (Å²) in [6, 6.07) is 0. The van der Waals surface area contributed by atoms with Crippen molar-refractivity contribution in [3.05, 3.63) is 11.9 Å². The third kappa shape index (κ3) is 2.02. The summed E-state index contributed by atoms with van der Waals surface area (Å²) in [5.74, 6) is -0.309. The van der Waals surface area contributed by atoms with E-state index in [1.807, 2.05) is 6.92 Å². The molecule has 0 aromatic carbocycles. The molecule has 1 rings (SSSR count). The lowest BCUT2D eigenvalue weighted by Gasteiger charge is -2.05. The number of rotatable bonds is 4. The molecule has 0 bridgehead atoms. The van der Waals surface area contributed by atoms with Crippen molar-refractivity contribution in [2.24, 2.45) is 0 Å². The first kappa shape index (κ1) is 10.5. The summed E-state index contributed by atoms with van der Waals surface area (Å²) in [5, 5.41) is 15.0. The number of carbonyl (C=O) groups excluding carboxylic acids is 1. The highest BCUT2D eigenvalue weighted by molar-refractivity contribution is 5.97. The molecule has 0 fully saturated rings. The Morgan fingerprint density at radius 1 is 1.79 bits per heavy atom. The van der Waals surface area contributed by atoms with Crippen LogP contribution in [-0.4, -0.2) is 33.9 Å². The van der Waals surface area contributed by atoms with E-state index in [0.717, 1.165) is 0 Å². The monoisotopic (exact) mass is 198 g/mol. The van der Waals surface area contributed by atoms with Gasteiger partial charge in [-0.1, -0.05) is 0 Å². The van der Waals surface area contributed by atoms with Gasteiger partial charge in [-0.25, -0.2) is 0 Å². The number of nitrogens with one attached hydrogen (secondary N) is 1. The third-order valence-corrected chi connectivity index (χ3v) is 1.78. The van der Waals surface area contributed by atoms with Gasteiger partial charge in [-0.2, -0.15) is 5.10 Å². The maximum absolute atomic E-state index is 11.5. The van der Waals surface area contributed by atoms with Crippen molar-refractivity contribution < 1.29 is 9.90 Å². The van der Waals surface area contributed by atoms with E-state index in [0.29, 0.717) is 17.9 Å². The molecule has 1 amide bonds. The number of aromatic nitrogens is 2. The van der Waals surface area contributed by atoms with Gasteiger partial charge in [0.2, 0.25) is 0 Å². The average molecular weight is 198 g/mol. The molecule has 1 heterocycles. The number of hydrogen-bond acceptors (Lipinski definition) is 4. The highest BCUT2D eigenvalue weighted by atomic mass is 16.3. The Kier molecular flexibility index (Phi) is 3.47. The number of nitrogens with zero attached hydrogens (tertiary/aromatic N) is 2. The van der Waals surface area contributed by atoms with Crippen molar-refractivity contribution in [3.63, 3.8) is 0 Å². The number of anilines is 1. The minimum Gasteiger partial charge on any atom is -0.396 e. The molecule has 14 heavy (non-hydrogen) atoms. The lowest BCUT2D eigenvalue weighted by atomic mass is 10.3. The van der Waals surface area contributed by atoms with E-state index in [1.165, 1.54) is 10.9 Å². The van der Waals surface area contributed by atoms with E-state index in [4.69, 9.17) is 10.8 Å². The average Bonchev–Trinajstić information content (AvgIpc) is 2.56. The normalized spacial score (nSPS) is 10.1. The summed E-state index contributed by atoms with van der Waals surface area (Å²) in [6.45, 7) is 2.58. The van der Waals surface area contributed by atoms with Crippen molar-refractivity contribution in [2.45, 2.75) is 13.5 Å². The quantitative estimate of drug-likeness (QED) is 0.591. The molecular weight excluding hydrogens is 184 g/mol. The predicted octanol–water partition coefficient (Wildman–Crippen LogP) is -0.793. The molecule has 0 unspecified atom stereocenters. The van der Waals surface area contributed by atoms with Crippen LogP contribution >= 0.6 is 0 Å². The molecule has 0 saturated carbocycles. The zero-order valence-corrected chi connectivity index (χ0v) is 8.03. The first-order valence-corrected chi connectivity index (χ1v) is 4.41. The van der Waals surface area contributed by atoms with Gasteiger partial charge in [-0.15, -0.1) is 0 Å². The second-order valence-corrected chi connectivity index (χ2v) is 2.74. The van der Waals surface area contributed by atoms with Crippen LogP contribution in [0.15, 0.2) is 6.20 Å². The molecule has 0 aliphatic carbocycles. The molecule has 0 aliphatic rings. The van der Waals surface area contributed by atoms with E-state index < -0.39 is 0 Å². The van der Waals surface area contributed by atoms with E-state index in [-0.39, 0.29) is 19.1 Å². The number of amides is 1. The Hall–Kier alpha value is -1.56. The fraction of sp³-hybridized carbons (Fsp3) is 0.500. The lowest BCUT2D eigenvalue weighted by molar-refractivity contribution is 0.0935. The van der Waals surface area contributed by atoms with Crippen molar-refractivity contribution in [2.75, 3.05) is 18.9 Å². The van der Waals surface area contributed by atoms with Gasteiger partial charge in [0.05, 0.1) is 18.5 Å². The van der Waals surface area contributed by atoms with Gasteiger partial charge >= 0.3 is 0 Å². The number of nitrogens with two attached hydrogens (primary N) is 1. The molecular formula is C8H14N4O2. The first-order chi connectivity index (χ1) is 6.70. The Balaban J connectivity index is 2.82. The molecule has 1 aromatic rings. The maximum atomic E-state index is 11.5. The van der Waals surface area contributed by atoms with E-state index in [9.17, 15) is 4.79 Å². The Bertz CT molecular complexity index is 321. The number of nitrogen functional groups attached to an aromatic ring is 1. The van der Waals surface area contributed by atoms with Crippen LogP contribution in [0.25, 0.3) is 0 Å². The summed E-state index contributed by atoms with van der Waals surface area (Å²) in [6.07, 6.45) is 1.44. The van der Waals surface area contributed by atoms with Crippen LogP contribution in [0.4, 0.5) is 5.69 Å². The van der Waals surface area contributed by atoms with Gasteiger partial charge in [0.25, 0.3) is 5.91 Å². The second kappa shape index (κ2) is 4.61. The first-order valence-electron chi connectivity index (χ1n) is 4.41. The Morgan fingerprint density at radius 2 is 2.50 bits per heavy atom. The van der Waals surface area contributed by atoms with Gasteiger partial charge in [0.1, 0.15) is 5.69 Å². The molecule has 6 heteroatoms. The number of hydrogen-bond donors (Lipinski definition) is 3. The third-order valence-electron chi connectivity index (χ3n) is 1.78. The summed E-state index contributed by atoms with van der Waals surface area (Å²) in [7, 11) is 0. The highest BCUT2D eigenvalue weighted by Gasteiger charge is 2.14. The van der Waals surface area contributed by atoms with E-state index in [1.54, 1.807) is 0 Å². The minimum absolute atomic E-state index is 0.0914. The standard InChI is InChI=1S/C8H14N4O2/c1-2-12-7(6(9)5-11-12)8(14)10-3-4-13/h5,13H,2-4,9H2,1H3,(H,10,14). The fourth-order valence-corrected chi connectivity index (χ4v) is 1.14. The van der Waals surface area contributed by atoms with Crippen LogP contribution in [0.3, 0.4) is 0 Å². The van der Waals surface area contributed by atoms with Gasteiger partial charge in [0, 0.05) is 13.1 Å². The van der Waals surface area contributed by atoms with Crippen LogP contribution < -0.4 is 11.1 Å². The molecule has 0 atom stereocenters. The van der Waals surface area contributed by atoms with E-state index >= 15 is 0 Å². The zero-order chi connectivity index (χ0) is 10.6. The highest BCUT2D eigenvalue weighted by Crippen LogP contribution is 2.09. The zero-order valence-electron chi connectivity index (χ0n) is 8.03. The van der Waals surface area contributed by atoms with Gasteiger partial charge in [0.15, 0.2) is 0 Å². The molecule has 1 aromatic heterocycles. The number of carbonyl (C=O) groups is 1. The number of aliphatic hydroxyl groups excluding tert-OH is 1. The summed E-state index contributed by atoms with van der Waals surface area (Å²) >= 11 is 0. The minimum atomic E-state index is -0.309. The van der Waals surface area contributed by atoms with Crippen LogP contribution in [0, 0.1) is 0 Å². The summed E-state index contributed by atoms with van der Waals surface area (Å²) in [5.41, 5.74) is 6.28. The van der Waals surface area contributed by atoms with Crippen LogP contribution in [0.2, 0.25) is 0 Å². The molecule has 0 saturated heterocycles. The lowest BCUT2D eigenvalue weighted by Crippen LogP contribution is -2.29. The number of aryl methyl sites for hydroxylation is 1. The smallest absolute Gasteiger partial charge is 0.271 e. The summed E-state index contributed by atoms with van der Waals surface area (Å²) < 4.78 is 1.52. The van der Waals surface area contributed by atoms with Gasteiger partial charge < -0.3 is 16.2 Å². The second-order valence-electron chi connectivity index (χ2n) is 2.74. The van der Waals surface area contributed by atoms with Crippen molar-refractivity contribution in [1.82, 2.24) is 15.1 Å². The van der Waals surface area contributed by atoms with Crippen LogP contribution in [0.1, 0.15) is 17.4 Å². The molecule has 0 aliphatic heterocycles. The largest absolute Gasteiger partial charge is 0.396 e. The van der Waals surface area contributed by atoms with Crippen molar-refractivity contribution in [3.8, 4) is 0 Å². The number of aliphatic hydroxyl groups is 1. The summed E-state index contributed by atoms with van der Waals surface area (Å²) in [4.78, 5) is 11.5.